The normalized spacial score (nSPS) is 19.0. The van der Waals surface area contributed by atoms with Crippen LogP contribution in [0.4, 0.5) is 5.82 Å². The van der Waals surface area contributed by atoms with Crippen LogP contribution in [-0.4, -0.2) is 37.8 Å². The number of rotatable bonds is 7. The molecule has 0 aliphatic heterocycles. The molecule has 21 heavy (non-hydrogen) atoms. The van der Waals surface area contributed by atoms with Gasteiger partial charge in [-0.3, -0.25) is 0 Å². The maximum Gasteiger partial charge on any atom is 0.244 e. The number of halogens is 1. The number of nitrogens with one attached hydrogen (secondary N) is 1. The van der Waals surface area contributed by atoms with E-state index in [1.54, 1.807) is 11.4 Å². The Hall–Kier alpha value is -0.850. The van der Waals surface area contributed by atoms with E-state index in [4.69, 9.17) is 11.6 Å². The van der Waals surface area contributed by atoms with E-state index in [2.05, 4.69) is 10.3 Å². The predicted molar refractivity (Wildman–Crippen MR) is 83.0 cm³/mol. The van der Waals surface area contributed by atoms with Crippen LogP contribution in [0.1, 0.15) is 25.7 Å². The van der Waals surface area contributed by atoms with Gasteiger partial charge in [0.05, 0.1) is 5.02 Å². The molecule has 3 rings (SSSR count). The lowest BCUT2D eigenvalue weighted by Gasteiger charge is -2.22. The molecule has 7 heteroatoms. The standard InChI is InChI=1S/C14H20ClN3O2S/c1-16-14-13(15)6-12(7-17-14)21(19,20)18(8-10-2-3-10)9-11-4-5-11/h6-7,10-11H,2-5,8-9H2,1H3,(H,16,17). The molecule has 116 valence electrons. The Morgan fingerprint density at radius 2 is 1.86 bits per heavy atom. The van der Waals surface area contributed by atoms with Gasteiger partial charge in [-0.2, -0.15) is 4.31 Å². The molecule has 0 unspecified atom stereocenters. The van der Waals surface area contributed by atoms with Gasteiger partial charge in [0, 0.05) is 26.3 Å². The van der Waals surface area contributed by atoms with E-state index in [0.29, 0.717) is 35.8 Å². The average molecular weight is 330 g/mol. The molecule has 1 heterocycles. The average Bonchev–Trinajstić information content (AvgIpc) is 3.33. The van der Waals surface area contributed by atoms with Crippen LogP contribution >= 0.6 is 11.6 Å². The molecule has 2 saturated carbocycles. The van der Waals surface area contributed by atoms with E-state index in [-0.39, 0.29) is 4.90 Å². The second-order valence-corrected chi connectivity index (χ2v) is 8.31. The van der Waals surface area contributed by atoms with Gasteiger partial charge in [0.2, 0.25) is 10.0 Å². The molecule has 0 aromatic carbocycles. The number of pyridine rings is 1. The number of anilines is 1. The Kier molecular flexibility index (Phi) is 4.12. The van der Waals surface area contributed by atoms with Crippen LogP contribution in [0, 0.1) is 11.8 Å². The number of hydrogen-bond donors (Lipinski definition) is 1. The zero-order chi connectivity index (χ0) is 15.0. The zero-order valence-corrected chi connectivity index (χ0v) is 13.6. The second-order valence-electron chi connectivity index (χ2n) is 5.96. The van der Waals surface area contributed by atoms with Crippen molar-refractivity contribution < 1.29 is 8.42 Å². The largest absolute Gasteiger partial charge is 0.372 e. The highest BCUT2D eigenvalue weighted by molar-refractivity contribution is 7.89. The minimum Gasteiger partial charge on any atom is -0.372 e. The Morgan fingerprint density at radius 1 is 1.29 bits per heavy atom. The molecule has 0 saturated heterocycles. The molecule has 0 bridgehead atoms. The zero-order valence-electron chi connectivity index (χ0n) is 12.0. The van der Waals surface area contributed by atoms with E-state index < -0.39 is 10.0 Å². The van der Waals surface area contributed by atoms with Crippen molar-refractivity contribution in [2.24, 2.45) is 11.8 Å². The first-order chi connectivity index (χ1) is 10.0. The first kappa shape index (κ1) is 15.1. The Bertz CT molecular complexity index is 613. The SMILES string of the molecule is CNc1ncc(S(=O)(=O)N(CC2CC2)CC2CC2)cc1Cl. The van der Waals surface area contributed by atoms with Crippen molar-refractivity contribution in [1.29, 1.82) is 0 Å². The summed E-state index contributed by atoms with van der Waals surface area (Å²) in [7, 11) is -1.80. The topological polar surface area (TPSA) is 62.3 Å². The third-order valence-corrected chi connectivity index (χ3v) is 6.09. The van der Waals surface area contributed by atoms with Gasteiger partial charge in [-0.1, -0.05) is 11.6 Å². The molecule has 0 amide bonds. The van der Waals surface area contributed by atoms with Gasteiger partial charge in [-0.15, -0.1) is 0 Å². The van der Waals surface area contributed by atoms with Gasteiger partial charge >= 0.3 is 0 Å². The van der Waals surface area contributed by atoms with Crippen LogP contribution in [0.2, 0.25) is 5.02 Å². The molecule has 2 aliphatic carbocycles. The van der Waals surface area contributed by atoms with Crippen molar-refractivity contribution in [3.8, 4) is 0 Å². The summed E-state index contributed by atoms with van der Waals surface area (Å²) in [5.74, 6) is 1.55. The maximum absolute atomic E-state index is 12.8. The highest BCUT2D eigenvalue weighted by atomic mass is 35.5. The molecule has 0 spiro atoms. The van der Waals surface area contributed by atoms with Crippen molar-refractivity contribution in [2.45, 2.75) is 30.6 Å². The predicted octanol–water partition coefficient (Wildman–Crippen LogP) is 2.59. The lowest BCUT2D eigenvalue weighted by atomic mass is 10.4. The van der Waals surface area contributed by atoms with Crippen molar-refractivity contribution in [3.05, 3.63) is 17.3 Å². The molecule has 1 aromatic heterocycles. The van der Waals surface area contributed by atoms with Crippen molar-refractivity contribution in [1.82, 2.24) is 9.29 Å². The quantitative estimate of drug-likeness (QED) is 0.835. The number of nitrogens with zero attached hydrogens (tertiary/aromatic N) is 2. The molecule has 2 fully saturated rings. The smallest absolute Gasteiger partial charge is 0.244 e. The molecule has 0 atom stereocenters. The Morgan fingerprint density at radius 3 is 2.29 bits per heavy atom. The minimum atomic E-state index is -3.50. The van der Waals surface area contributed by atoms with E-state index in [0.717, 1.165) is 25.7 Å². The number of sulfonamides is 1. The highest BCUT2D eigenvalue weighted by Gasteiger charge is 2.36. The third-order valence-electron chi connectivity index (χ3n) is 4.01. The summed E-state index contributed by atoms with van der Waals surface area (Å²) in [4.78, 5) is 4.27. The van der Waals surface area contributed by atoms with Gasteiger partial charge in [-0.05, 0) is 43.6 Å². The summed E-state index contributed by atoms with van der Waals surface area (Å²) < 4.78 is 27.3. The van der Waals surface area contributed by atoms with Gasteiger partial charge < -0.3 is 5.32 Å². The Labute approximate surface area is 130 Å². The molecule has 5 nitrogen and oxygen atoms in total. The summed E-state index contributed by atoms with van der Waals surface area (Å²) in [6.45, 7) is 1.26. The molecule has 1 aromatic rings. The molecular formula is C14H20ClN3O2S. The van der Waals surface area contributed by atoms with E-state index >= 15 is 0 Å². The summed E-state index contributed by atoms with van der Waals surface area (Å²) >= 11 is 6.07. The first-order valence-corrected chi connectivity index (χ1v) is 9.16. The summed E-state index contributed by atoms with van der Waals surface area (Å²) in [6.07, 6.45) is 5.92. The van der Waals surface area contributed by atoms with Crippen molar-refractivity contribution in [2.75, 3.05) is 25.5 Å². The van der Waals surface area contributed by atoms with Crippen LogP contribution in [0.3, 0.4) is 0 Å². The fourth-order valence-electron chi connectivity index (χ4n) is 2.34. The van der Waals surface area contributed by atoms with Crippen molar-refractivity contribution in [3.63, 3.8) is 0 Å². The third kappa shape index (κ3) is 3.49. The van der Waals surface area contributed by atoms with Crippen LogP contribution in [0.15, 0.2) is 17.2 Å². The van der Waals surface area contributed by atoms with Crippen molar-refractivity contribution >= 4 is 27.4 Å². The maximum atomic E-state index is 12.8. The molecular weight excluding hydrogens is 310 g/mol. The van der Waals surface area contributed by atoms with Crippen LogP contribution < -0.4 is 5.32 Å². The lowest BCUT2D eigenvalue weighted by molar-refractivity contribution is 0.382. The fraction of sp³-hybridized carbons (Fsp3) is 0.643. The second kappa shape index (κ2) is 5.74. The summed E-state index contributed by atoms with van der Waals surface area (Å²) in [5.41, 5.74) is 0. The first-order valence-electron chi connectivity index (χ1n) is 7.34. The Balaban J connectivity index is 1.86. The summed E-state index contributed by atoms with van der Waals surface area (Å²) in [5, 5.41) is 3.17. The van der Waals surface area contributed by atoms with E-state index in [9.17, 15) is 8.42 Å². The minimum absolute atomic E-state index is 0.188. The summed E-state index contributed by atoms with van der Waals surface area (Å²) in [6, 6.07) is 1.49. The van der Waals surface area contributed by atoms with Crippen LogP contribution in [0.25, 0.3) is 0 Å². The van der Waals surface area contributed by atoms with Gasteiger partial charge in [0.15, 0.2) is 0 Å². The van der Waals surface area contributed by atoms with Gasteiger partial charge in [0.25, 0.3) is 0 Å². The molecule has 2 aliphatic rings. The lowest BCUT2D eigenvalue weighted by Crippen LogP contribution is -2.34. The monoisotopic (exact) mass is 329 g/mol. The number of hydrogen-bond acceptors (Lipinski definition) is 4. The van der Waals surface area contributed by atoms with E-state index in [1.807, 2.05) is 0 Å². The molecule has 0 radical (unpaired) electrons. The number of aromatic nitrogens is 1. The molecule has 1 N–H and O–H groups in total. The van der Waals surface area contributed by atoms with Gasteiger partial charge in [-0.25, -0.2) is 13.4 Å². The fourth-order valence-corrected chi connectivity index (χ4v) is 4.23. The highest BCUT2D eigenvalue weighted by Crippen LogP contribution is 2.36. The van der Waals surface area contributed by atoms with E-state index in [1.165, 1.54) is 12.3 Å². The van der Waals surface area contributed by atoms with Crippen LogP contribution in [0.5, 0.6) is 0 Å². The van der Waals surface area contributed by atoms with Crippen LogP contribution in [-0.2, 0) is 10.0 Å². The van der Waals surface area contributed by atoms with Gasteiger partial charge in [0.1, 0.15) is 10.7 Å².